The number of amides is 1. The van der Waals surface area contributed by atoms with Gasteiger partial charge in [-0.2, -0.15) is 4.68 Å². The largest absolute Gasteiger partial charge is 0.497 e. The number of nitrogens with one attached hydrogen (secondary N) is 1. The highest BCUT2D eigenvalue weighted by atomic mass is 32.2. The molecule has 31 heavy (non-hydrogen) atoms. The molecule has 0 saturated heterocycles. The summed E-state index contributed by atoms with van der Waals surface area (Å²) in [4.78, 5) is 21.0. The highest BCUT2D eigenvalue weighted by Crippen LogP contribution is 2.25. The second-order valence-corrected chi connectivity index (χ2v) is 7.31. The van der Waals surface area contributed by atoms with E-state index < -0.39 is 0 Å². The summed E-state index contributed by atoms with van der Waals surface area (Å²) in [5.74, 6) is 1.49. The van der Waals surface area contributed by atoms with E-state index in [1.54, 1.807) is 23.9 Å². The Hall–Kier alpha value is -3.66. The fourth-order valence-electron chi connectivity index (χ4n) is 2.88. The molecular formula is C21H20N6O3S. The third-order valence-electron chi connectivity index (χ3n) is 4.29. The van der Waals surface area contributed by atoms with Gasteiger partial charge in [-0.25, -0.2) is 9.97 Å². The van der Waals surface area contributed by atoms with Gasteiger partial charge >= 0.3 is 0 Å². The Balaban J connectivity index is 1.46. The van der Waals surface area contributed by atoms with Crippen molar-refractivity contribution in [1.29, 1.82) is 0 Å². The molecule has 0 radical (unpaired) electrons. The number of anilines is 1. The van der Waals surface area contributed by atoms with E-state index in [4.69, 9.17) is 9.47 Å². The van der Waals surface area contributed by atoms with E-state index in [2.05, 4.69) is 25.6 Å². The fourth-order valence-corrected chi connectivity index (χ4v) is 3.61. The molecule has 0 aliphatic rings. The number of ether oxygens (including phenoxy) is 2. The number of aromatic nitrogens is 5. The fraction of sp³-hybridized carbons (Fsp3) is 0.190. The summed E-state index contributed by atoms with van der Waals surface area (Å²) >= 11 is 1.28. The Morgan fingerprint density at radius 1 is 1.13 bits per heavy atom. The summed E-state index contributed by atoms with van der Waals surface area (Å²) in [5, 5.41) is 11.9. The van der Waals surface area contributed by atoms with Crippen molar-refractivity contribution in [2.24, 2.45) is 0 Å². The van der Waals surface area contributed by atoms with E-state index >= 15 is 0 Å². The van der Waals surface area contributed by atoms with Crippen LogP contribution in [0.3, 0.4) is 0 Å². The molecule has 0 spiro atoms. The summed E-state index contributed by atoms with van der Waals surface area (Å²) in [5.41, 5.74) is 2.55. The van der Waals surface area contributed by atoms with Crippen LogP contribution in [0.4, 0.5) is 5.69 Å². The molecule has 2 aromatic heterocycles. The number of fused-ring (bicyclic) bond motifs is 1. The van der Waals surface area contributed by atoms with Crippen molar-refractivity contribution in [1.82, 2.24) is 25.0 Å². The monoisotopic (exact) mass is 436 g/mol. The molecule has 0 fully saturated rings. The van der Waals surface area contributed by atoms with Crippen molar-refractivity contribution in [2.45, 2.75) is 11.9 Å². The second-order valence-electron chi connectivity index (χ2n) is 6.35. The van der Waals surface area contributed by atoms with Crippen LogP contribution in [-0.2, 0) is 4.79 Å². The molecule has 10 heteroatoms. The molecule has 4 aromatic rings. The van der Waals surface area contributed by atoms with Gasteiger partial charge in [-0.3, -0.25) is 4.79 Å². The predicted molar refractivity (Wildman–Crippen MR) is 118 cm³/mol. The molecule has 0 unspecified atom stereocenters. The van der Waals surface area contributed by atoms with Crippen LogP contribution in [0.2, 0.25) is 0 Å². The minimum absolute atomic E-state index is 0.152. The summed E-state index contributed by atoms with van der Waals surface area (Å²) in [6, 6.07) is 14.7. The maximum absolute atomic E-state index is 12.4. The molecule has 0 bridgehead atoms. The Morgan fingerprint density at radius 3 is 2.74 bits per heavy atom. The van der Waals surface area contributed by atoms with Crippen LogP contribution in [0.5, 0.6) is 11.5 Å². The summed E-state index contributed by atoms with van der Waals surface area (Å²) in [6.45, 7) is 2.52. The number of hydrogen-bond donors (Lipinski definition) is 1. The van der Waals surface area contributed by atoms with Gasteiger partial charge < -0.3 is 14.8 Å². The van der Waals surface area contributed by atoms with Crippen molar-refractivity contribution >= 4 is 34.5 Å². The number of benzene rings is 2. The number of rotatable bonds is 8. The molecule has 158 valence electrons. The van der Waals surface area contributed by atoms with E-state index in [1.807, 2.05) is 43.3 Å². The average Bonchev–Trinajstić information content (AvgIpc) is 3.24. The van der Waals surface area contributed by atoms with Crippen molar-refractivity contribution in [3.63, 3.8) is 0 Å². The normalized spacial score (nSPS) is 10.8. The van der Waals surface area contributed by atoms with Crippen LogP contribution in [0.1, 0.15) is 6.92 Å². The van der Waals surface area contributed by atoms with Crippen LogP contribution in [-0.4, -0.2) is 50.3 Å². The molecule has 0 saturated carbocycles. The molecular weight excluding hydrogens is 416 g/mol. The lowest BCUT2D eigenvalue weighted by atomic mass is 10.3. The molecule has 4 rings (SSSR count). The maximum atomic E-state index is 12.4. The Kier molecular flexibility index (Phi) is 6.27. The number of carbonyl (C=O) groups excluding carboxylic acids is 1. The number of thioether (sulfide) groups is 1. The van der Waals surface area contributed by atoms with Gasteiger partial charge in [0.25, 0.3) is 0 Å². The highest BCUT2D eigenvalue weighted by Gasteiger charge is 2.15. The lowest BCUT2D eigenvalue weighted by Crippen LogP contribution is -2.14. The zero-order valence-corrected chi connectivity index (χ0v) is 17.8. The number of nitrogens with zero attached hydrogens (tertiary/aromatic N) is 5. The van der Waals surface area contributed by atoms with E-state index in [0.717, 1.165) is 11.4 Å². The molecule has 0 aliphatic heterocycles. The molecule has 1 N–H and O–H groups in total. The third kappa shape index (κ3) is 4.75. The van der Waals surface area contributed by atoms with Crippen LogP contribution in [0, 0.1) is 0 Å². The van der Waals surface area contributed by atoms with Gasteiger partial charge in [0.1, 0.15) is 22.9 Å². The molecule has 2 heterocycles. The van der Waals surface area contributed by atoms with E-state index in [0.29, 0.717) is 34.2 Å². The van der Waals surface area contributed by atoms with Crippen molar-refractivity contribution in [3.8, 4) is 17.2 Å². The molecule has 0 atom stereocenters. The topological polar surface area (TPSA) is 104 Å². The maximum Gasteiger partial charge on any atom is 0.234 e. The minimum Gasteiger partial charge on any atom is -0.497 e. The first-order valence-corrected chi connectivity index (χ1v) is 10.5. The van der Waals surface area contributed by atoms with E-state index in [1.165, 1.54) is 18.1 Å². The Bertz CT molecular complexity index is 1200. The lowest BCUT2D eigenvalue weighted by molar-refractivity contribution is -0.113. The van der Waals surface area contributed by atoms with Gasteiger partial charge in [-0.1, -0.05) is 23.0 Å². The van der Waals surface area contributed by atoms with Crippen LogP contribution >= 0.6 is 11.8 Å². The van der Waals surface area contributed by atoms with E-state index in [-0.39, 0.29) is 11.7 Å². The molecule has 0 aliphatic carbocycles. The van der Waals surface area contributed by atoms with Crippen molar-refractivity contribution in [3.05, 3.63) is 54.9 Å². The van der Waals surface area contributed by atoms with Gasteiger partial charge in [-0.15, -0.1) is 5.10 Å². The number of carbonyl (C=O) groups is 1. The number of hydrogen-bond acceptors (Lipinski definition) is 8. The van der Waals surface area contributed by atoms with Gasteiger partial charge in [0, 0.05) is 11.8 Å². The first-order chi connectivity index (χ1) is 15.2. The summed E-state index contributed by atoms with van der Waals surface area (Å²) in [6.07, 6.45) is 1.44. The zero-order chi connectivity index (χ0) is 21.6. The summed E-state index contributed by atoms with van der Waals surface area (Å²) in [7, 11) is 1.61. The van der Waals surface area contributed by atoms with Crippen molar-refractivity contribution < 1.29 is 14.3 Å². The molecule has 1 amide bonds. The third-order valence-corrected chi connectivity index (χ3v) is 5.27. The average molecular weight is 436 g/mol. The van der Waals surface area contributed by atoms with Crippen LogP contribution in [0.15, 0.2) is 59.9 Å². The number of methoxy groups -OCH3 is 1. The molecule has 9 nitrogen and oxygen atoms in total. The second kappa shape index (κ2) is 9.43. The zero-order valence-electron chi connectivity index (χ0n) is 17.0. The Labute approximate surface area is 182 Å². The van der Waals surface area contributed by atoms with Crippen LogP contribution in [0.25, 0.3) is 16.9 Å². The predicted octanol–water partition coefficient (Wildman–Crippen LogP) is 3.35. The van der Waals surface area contributed by atoms with E-state index in [9.17, 15) is 4.79 Å². The quantitative estimate of drug-likeness (QED) is 0.331. The van der Waals surface area contributed by atoms with Gasteiger partial charge in [0.2, 0.25) is 5.91 Å². The Morgan fingerprint density at radius 2 is 1.97 bits per heavy atom. The smallest absolute Gasteiger partial charge is 0.234 e. The summed E-state index contributed by atoms with van der Waals surface area (Å²) < 4.78 is 12.3. The highest BCUT2D eigenvalue weighted by molar-refractivity contribution is 8.00. The molecule has 2 aromatic carbocycles. The first-order valence-electron chi connectivity index (χ1n) is 9.54. The van der Waals surface area contributed by atoms with Crippen molar-refractivity contribution in [2.75, 3.05) is 24.8 Å². The van der Waals surface area contributed by atoms with Crippen LogP contribution < -0.4 is 14.8 Å². The van der Waals surface area contributed by atoms with Gasteiger partial charge in [-0.05, 0) is 43.3 Å². The minimum atomic E-state index is -0.152. The standard InChI is InChI=1S/C21H20N6O3S/c1-3-30-16-9-7-14(8-10-16)24-18(28)12-31-21-19-20(22-13-23-21)27(26-25-19)15-5-4-6-17(11-15)29-2/h4-11,13H,3,12H2,1-2H3,(H,24,28). The SMILES string of the molecule is CCOc1ccc(NC(=O)CSc2ncnc3c2nnn3-c2cccc(OC)c2)cc1. The lowest BCUT2D eigenvalue weighted by Gasteiger charge is -2.07. The first kappa shape index (κ1) is 20.6. The van der Waals surface area contributed by atoms with Gasteiger partial charge in [0.05, 0.1) is 25.2 Å². The van der Waals surface area contributed by atoms with Gasteiger partial charge in [0.15, 0.2) is 11.2 Å².